The van der Waals surface area contributed by atoms with Crippen molar-refractivity contribution in [1.29, 1.82) is 0 Å². The Kier molecular flexibility index (Phi) is 4.87. The van der Waals surface area contributed by atoms with Gasteiger partial charge >= 0.3 is 0 Å². The molecule has 10 aromatic rings. The number of para-hydroxylation sites is 1. The molecule has 0 radical (unpaired) electrons. The molecule has 3 aromatic heterocycles. The van der Waals surface area contributed by atoms with Gasteiger partial charge in [0.25, 0.3) is 0 Å². The van der Waals surface area contributed by atoms with Crippen molar-refractivity contribution in [3.63, 3.8) is 0 Å². The summed E-state index contributed by atoms with van der Waals surface area (Å²) in [6.45, 7) is 0. The van der Waals surface area contributed by atoms with E-state index in [1.54, 1.807) is 11.3 Å². The van der Waals surface area contributed by atoms with Gasteiger partial charge in [0.1, 0.15) is 0 Å². The van der Waals surface area contributed by atoms with Crippen molar-refractivity contribution in [2.24, 2.45) is 0 Å². The van der Waals surface area contributed by atoms with Gasteiger partial charge in [-0.1, -0.05) is 121 Å². The van der Waals surface area contributed by atoms with Crippen LogP contribution in [0.25, 0.3) is 91.6 Å². The number of hydrogen-bond acceptors (Lipinski definition) is 3. The van der Waals surface area contributed by atoms with Crippen LogP contribution in [0.2, 0.25) is 0 Å². The van der Waals surface area contributed by atoms with E-state index in [1.807, 2.05) is 0 Å². The minimum Gasteiger partial charge on any atom is -0.278 e. The van der Waals surface area contributed by atoms with Gasteiger partial charge in [-0.2, -0.15) is 0 Å². The summed E-state index contributed by atoms with van der Waals surface area (Å²) < 4.78 is 4.60. The van der Waals surface area contributed by atoms with Gasteiger partial charge in [-0.3, -0.25) is 4.57 Å². The van der Waals surface area contributed by atoms with Gasteiger partial charge in [0.05, 0.1) is 26.9 Å². The van der Waals surface area contributed by atoms with Crippen LogP contribution in [0.3, 0.4) is 0 Å². The molecular formula is C40H23N3S. The summed E-state index contributed by atoms with van der Waals surface area (Å²) in [7, 11) is 0. The number of aromatic nitrogens is 3. The van der Waals surface area contributed by atoms with E-state index in [0.717, 1.165) is 37.9 Å². The highest BCUT2D eigenvalue weighted by Gasteiger charge is 2.21. The fourth-order valence-electron chi connectivity index (χ4n) is 7.07. The number of benzene rings is 7. The van der Waals surface area contributed by atoms with Crippen molar-refractivity contribution in [2.75, 3.05) is 0 Å². The maximum absolute atomic E-state index is 5.34. The molecule has 3 heterocycles. The zero-order valence-corrected chi connectivity index (χ0v) is 24.3. The van der Waals surface area contributed by atoms with Crippen LogP contribution in [0.1, 0.15) is 0 Å². The first kappa shape index (κ1) is 23.9. The van der Waals surface area contributed by atoms with E-state index in [1.165, 1.54) is 47.8 Å². The maximum atomic E-state index is 5.34. The molecule has 4 heteroatoms. The highest BCUT2D eigenvalue weighted by atomic mass is 32.1. The predicted octanol–water partition coefficient (Wildman–Crippen LogP) is 11.1. The Labute approximate surface area is 256 Å². The Balaban J connectivity index is 1.36. The quantitative estimate of drug-likeness (QED) is 0.191. The molecule has 0 aliphatic heterocycles. The van der Waals surface area contributed by atoms with Crippen molar-refractivity contribution in [1.82, 2.24) is 14.5 Å². The average Bonchev–Trinajstić information content (AvgIpc) is 3.64. The van der Waals surface area contributed by atoms with E-state index < -0.39 is 0 Å². The standard InChI is InChI=1S/C40H23N3S/c1-2-11-26(12-3-1)37-39-38(31-15-7-9-17-34(31)44-39)42-40(41-37)43-32-16-8-6-14-30(32)36-29-21-20-25-19-18-24-10-4-5-13-27(24)35(25)28(29)22-23-33(36)43/h1-23H. The van der Waals surface area contributed by atoms with Crippen LogP contribution in [-0.4, -0.2) is 14.5 Å². The largest absolute Gasteiger partial charge is 0.278 e. The normalized spacial score (nSPS) is 12.1. The summed E-state index contributed by atoms with van der Waals surface area (Å²) in [6, 6.07) is 50.0. The monoisotopic (exact) mass is 577 g/mol. The van der Waals surface area contributed by atoms with Gasteiger partial charge in [0, 0.05) is 26.4 Å². The molecule has 0 saturated heterocycles. The zero-order chi connectivity index (χ0) is 28.8. The molecule has 10 rings (SSSR count). The maximum Gasteiger partial charge on any atom is 0.235 e. The Bertz CT molecular complexity index is 2770. The van der Waals surface area contributed by atoms with Crippen molar-refractivity contribution >= 4 is 85.8 Å². The molecular weight excluding hydrogens is 555 g/mol. The summed E-state index contributed by atoms with van der Waals surface area (Å²) in [4.78, 5) is 10.7. The van der Waals surface area contributed by atoms with Crippen molar-refractivity contribution in [3.8, 4) is 17.2 Å². The molecule has 0 unspecified atom stereocenters. The fourth-order valence-corrected chi connectivity index (χ4v) is 8.22. The highest BCUT2D eigenvalue weighted by molar-refractivity contribution is 7.26. The summed E-state index contributed by atoms with van der Waals surface area (Å²) in [5.74, 6) is 0.691. The minimum atomic E-state index is 0.691. The first-order valence-corrected chi connectivity index (χ1v) is 15.7. The van der Waals surface area contributed by atoms with Crippen LogP contribution in [0.5, 0.6) is 0 Å². The third-order valence-electron chi connectivity index (χ3n) is 8.99. The average molecular weight is 578 g/mol. The molecule has 0 spiro atoms. The van der Waals surface area contributed by atoms with E-state index in [-0.39, 0.29) is 0 Å². The second-order valence-electron chi connectivity index (χ2n) is 11.4. The zero-order valence-electron chi connectivity index (χ0n) is 23.5. The lowest BCUT2D eigenvalue weighted by molar-refractivity contribution is 1.02. The molecule has 204 valence electrons. The molecule has 0 aliphatic rings. The Morgan fingerprint density at radius 2 is 1.14 bits per heavy atom. The molecule has 7 aromatic carbocycles. The molecule has 0 saturated carbocycles. The van der Waals surface area contributed by atoms with Gasteiger partial charge in [-0.25, -0.2) is 9.97 Å². The lowest BCUT2D eigenvalue weighted by Crippen LogP contribution is -2.02. The van der Waals surface area contributed by atoms with Crippen LogP contribution in [0.15, 0.2) is 140 Å². The molecule has 0 N–H and O–H groups in total. The minimum absolute atomic E-state index is 0.691. The fraction of sp³-hybridized carbons (Fsp3) is 0. The number of rotatable bonds is 2. The third kappa shape index (κ3) is 3.26. The number of thiophene rings is 1. The predicted molar refractivity (Wildman–Crippen MR) is 187 cm³/mol. The smallest absolute Gasteiger partial charge is 0.235 e. The summed E-state index contributed by atoms with van der Waals surface area (Å²) >= 11 is 1.77. The van der Waals surface area contributed by atoms with E-state index >= 15 is 0 Å². The van der Waals surface area contributed by atoms with Crippen LogP contribution in [0.4, 0.5) is 0 Å². The van der Waals surface area contributed by atoms with Crippen molar-refractivity contribution < 1.29 is 0 Å². The topological polar surface area (TPSA) is 30.7 Å². The third-order valence-corrected chi connectivity index (χ3v) is 10.2. The lowest BCUT2D eigenvalue weighted by atomic mass is 9.94. The van der Waals surface area contributed by atoms with Gasteiger partial charge in [0.2, 0.25) is 5.95 Å². The van der Waals surface area contributed by atoms with Crippen molar-refractivity contribution in [2.45, 2.75) is 0 Å². The molecule has 0 aliphatic carbocycles. The van der Waals surface area contributed by atoms with Crippen LogP contribution in [-0.2, 0) is 0 Å². The number of fused-ring (bicyclic) bond motifs is 12. The summed E-state index contributed by atoms with van der Waals surface area (Å²) in [6.07, 6.45) is 0. The Hall–Kier alpha value is -5.58. The van der Waals surface area contributed by atoms with Gasteiger partial charge in [-0.15, -0.1) is 11.3 Å². The summed E-state index contributed by atoms with van der Waals surface area (Å²) in [5.41, 5.74) is 5.27. The summed E-state index contributed by atoms with van der Waals surface area (Å²) in [5, 5.41) is 11.2. The highest BCUT2D eigenvalue weighted by Crippen LogP contribution is 2.42. The van der Waals surface area contributed by atoms with E-state index in [9.17, 15) is 0 Å². The van der Waals surface area contributed by atoms with Crippen LogP contribution < -0.4 is 0 Å². The molecule has 0 bridgehead atoms. The van der Waals surface area contributed by atoms with Crippen LogP contribution in [0, 0.1) is 0 Å². The first-order valence-electron chi connectivity index (χ1n) is 14.8. The molecule has 0 fully saturated rings. The number of nitrogens with zero attached hydrogens (tertiary/aromatic N) is 3. The van der Waals surface area contributed by atoms with E-state index in [2.05, 4.69) is 144 Å². The van der Waals surface area contributed by atoms with Gasteiger partial charge < -0.3 is 0 Å². The Morgan fingerprint density at radius 1 is 0.455 bits per heavy atom. The molecule has 0 atom stereocenters. The number of hydrogen-bond donors (Lipinski definition) is 0. The lowest BCUT2D eigenvalue weighted by Gasteiger charge is -2.11. The second kappa shape index (κ2) is 8.96. The van der Waals surface area contributed by atoms with Crippen LogP contribution >= 0.6 is 11.3 Å². The molecule has 0 amide bonds. The van der Waals surface area contributed by atoms with Gasteiger partial charge in [0.15, 0.2) is 0 Å². The van der Waals surface area contributed by atoms with E-state index in [0.29, 0.717) is 5.95 Å². The second-order valence-corrected chi connectivity index (χ2v) is 12.4. The van der Waals surface area contributed by atoms with E-state index in [4.69, 9.17) is 9.97 Å². The van der Waals surface area contributed by atoms with Gasteiger partial charge in [-0.05, 0) is 50.5 Å². The van der Waals surface area contributed by atoms with Crippen molar-refractivity contribution in [3.05, 3.63) is 140 Å². The first-order chi connectivity index (χ1) is 21.8. The Morgan fingerprint density at radius 3 is 2.05 bits per heavy atom. The molecule has 44 heavy (non-hydrogen) atoms. The SMILES string of the molecule is c1ccc(-c2nc(-n3c4ccccc4c4c5ccc6ccc7ccccc7c6c5ccc43)nc3c2sc2ccccc23)cc1. The molecule has 3 nitrogen and oxygen atoms in total.